The van der Waals surface area contributed by atoms with Crippen LogP contribution >= 0.6 is 0 Å². The van der Waals surface area contributed by atoms with Crippen LogP contribution in [0.1, 0.15) is 12.8 Å². The molecule has 0 atom stereocenters. The minimum Gasteiger partial charge on any atom is -0.407 e. The van der Waals surface area contributed by atoms with Crippen LogP contribution in [0.2, 0.25) is 0 Å². The minimum absolute atomic E-state index is 0.233. The molecule has 4 nitrogen and oxygen atoms in total. The van der Waals surface area contributed by atoms with Crippen LogP contribution in [0, 0.1) is 0 Å². The van der Waals surface area contributed by atoms with Gasteiger partial charge >= 0.3 is 14.2 Å². The first-order valence-corrected chi connectivity index (χ1v) is 7.90. The summed E-state index contributed by atoms with van der Waals surface area (Å²) in [5.74, 6) is 0. The van der Waals surface area contributed by atoms with Crippen LogP contribution in [0.15, 0.2) is 36.4 Å². The summed E-state index contributed by atoms with van der Waals surface area (Å²) in [5, 5.41) is 2.35. The fourth-order valence-electron chi connectivity index (χ4n) is 2.94. The largest absolute Gasteiger partial charge is 0.493 e. The minimum atomic E-state index is -0.233. The number of fused-ring (bicyclic) bond motifs is 1. The molecule has 4 rings (SSSR count). The van der Waals surface area contributed by atoms with Crippen LogP contribution < -0.4 is 10.9 Å². The second-order valence-electron chi connectivity index (χ2n) is 5.72. The standard InChI is InChI=1S/C16H18B2O4/c1-7-19-17(20-8-1)15-5-3-14-12-16(6-4-13(14)11-15)18-21-9-2-10-22-18/h3-6,11-12H,1-2,7-10H2. The van der Waals surface area contributed by atoms with Gasteiger partial charge in [-0.25, -0.2) is 0 Å². The zero-order valence-corrected chi connectivity index (χ0v) is 12.5. The maximum atomic E-state index is 5.67. The molecule has 22 heavy (non-hydrogen) atoms. The van der Waals surface area contributed by atoms with E-state index in [0.29, 0.717) is 0 Å². The Bertz CT molecular complexity index is 594. The van der Waals surface area contributed by atoms with Gasteiger partial charge in [-0.15, -0.1) is 0 Å². The van der Waals surface area contributed by atoms with Crippen molar-refractivity contribution in [3.63, 3.8) is 0 Å². The highest BCUT2D eigenvalue weighted by molar-refractivity contribution is 6.62. The normalized spacial score (nSPS) is 19.6. The SMILES string of the molecule is c1cc2cc(B3OCCCO3)ccc2cc1B1OCCCO1. The quantitative estimate of drug-likeness (QED) is 0.778. The molecule has 112 valence electrons. The molecule has 2 aliphatic heterocycles. The van der Waals surface area contributed by atoms with Gasteiger partial charge in [0.1, 0.15) is 0 Å². The van der Waals surface area contributed by atoms with E-state index in [9.17, 15) is 0 Å². The Morgan fingerprint density at radius 1 is 0.591 bits per heavy atom. The van der Waals surface area contributed by atoms with Gasteiger partial charge < -0.3 is 18.6 Å². The Morgan fingerprint density at radius 3 is 1.41 bits per heavy atom. The number of rotatable bonds is 2. The molecule has 0 unspecified atom stereocenters. The Balaban J connectivity index is 1.61. The summed E-state index contributed by atoms with van der Waals surface area (Å²) in [5.41, 5.74) is 2.15. The zero-order valence-electron chi connectivity index (χ0n) is 12.5. The van der Waals surface area contributed by atoms with Crippen molar-refractivity contribution in [3.05, 3.63) is 36.4 Å². The number of hydrogen-bond donors (Lipinski definition) is 0. The Hall–Kier alpha value is -1.33. The predicted molar refractivity (Wildman–Crippen MR) is 87.8 cm³/mol. The van der Waals surface area contributed by atoms with Crippen LogP contribution in [0.4, 0.5) is 0 Å². The topological polar surface area (TPSA) is 36.9 Å². The van der Waals surface area contributed by atoms with E-state index in [1.54, 1.807) is 0 Å². The van der Waals surface area contributed by atoms with E-state index in [0.717, 1.165) is 50.2 Å². The summed E-state index contributed by atoms with van der Waals surface area (Å²) < 4.78 is 22.7. The van der Waals surface area contributed by atoms with Crippen LogP contribution in [-0.4, -0.2) is 40.7 Å². The third-order valence-corrected chi connectivity index (χ3v) is 4.09. The highest BCUT2D eigenvalue weighted by Gasteiger charge is 2.26. The van der Waals surface area contributed by atoms with Crippen molar-refractivity contribution in [2.24, 2.45) is 0 Å². The lowest BCUT2D eigenvalue weighted by atomic mass is 9.75. The van der Waals surface area contributed by atoms with E-state index >= 15 is 0 Å². The molecule has 0 saturated carbocycles. The monoisotopic (exact) mass is 296 g/mol. The highest BCUT2D eigenvalue weighted by atomic mass is 16.6. The average molecular weight is 296 g/mol. The molecule has 0 spiro atoms. The molecule has 0 radical (unpaired) electrons. The van der Waals surface area contributed by atoms with Gasteiger partial charge in [0.2, 0.25) is 0 Å². The molecular weight excluding hydrogens is 278 g/mol. The van der Waals surface area contributed by atoms with Crippen LogP contribution in [0.3, 0.4) is 0 Å². The van der Waals surface area contributed by atoms with Gasteiger partial charge in [-0.3, -0.25) is 0 Å². The Kier molecular flexibility index (Phi) is 4.17. The summed E-state index contributed by atoms with van der Waals surface area (Å²) in [6, 6.07) is 12.6. The fraction of sp³-hybridized carbons (Fsp3) is 0.375. The third kappa shape index (κ3) is 2.92. The molecule has 2 heterocycles. The number of benzene rings is 2. The van der Waals surface area contributed by atoms with Gasteiger partial charge in [-0.05, 0) is 34.5 Å². The van der Waals surface area contributed by atoms with Crippen molar-refractivity contribution >= 4 is 35.9 Å². The van der Waals surface area contributed by atoms with Crippen molar-refractivity contribution in [3.8, 4) is 0 Å². The predicted octanol–water partition coefficient (Wildman–Crippen LogP) is 1.10. The van der Waals surface area contributed by atoms with Gasteiger partial charge in [0.25, 0.3) is 0 Å². The molecule has 2 aliphatic rings. The maximum absolute atomic E-state index is 5.67. The second-order valence-corrected chi connectivity index (χ2v) is 5.72. The molecule has 6 heteroatoms. The molecule has 0 aromatic heterocycles. The van der Waals surface area contributed by atoms with Crippen LogP contribution in [-0.2, 0) is 18.6 Å². The maximum Gasteiger partial charge on any atom is 0.493 e. The van der Waals surface area contributed by atoms with Gasteiger partial charge in [-0.1, -0.05) is 36.4 Å². The molecule has 0 aliphatic carbocycles. The smallest absolute Gasteiger partial charge is 0.407 e. The summed E-state index contributed by atoms with van der Waals surface area (Å²) in [4.78, 5) is 0. The Labute approximate surface area is 131 Å². The molecule has 2 aromatic carbocycles. The van der Waals surface area contributed by atoms with Crippen molar-refractivity contribution in [2.75, 3.05) is 26.4 Å². The fourth-order valence-corrected chi connectivity index (χ4v) is 2.94. The van der Waals surface area contributed by atoms with E-state index < -0.39 is 0 Å². The lowest BCUT2D eigenvalue weighted by Gasteiger charge is -2.21. The summed E-state index contributed by atoms with van der Waals surface area (Å²) >= 11 is 0. The van der Waals surface area contributed by atoms with E-state index in [4.69, 9.17) is 18.6 Å². The molecule has 2 fully saturated rings. The molecule has 0 amide bonds. The zero-order chi connectivity index (χ0) is 14.8. The first-order valence-electron chi connectivity index (χ1n) is 7.90. The Morgan fingerprint density at radius 2 is 1.00 bits per heavy atom. The molecular formula is C16H18B2O4. The molecule has 2 saturated heterocycles. The number of hydrogen-bond acceptors (Lipinski definition) is 4. The second kappa shape index (κ2) is 6.42. The van der Waals surface area contributed by atoms with E-state index in [2.05, 4.69) is 36.4 Å². The van der Waals surface area contributed by atoms with Crippen molar-refractivity contribution in [1.29, 1.82) is 0 Å². The van der Waals surface area contributed by atoms with Gasteiger partial charge in [0, 0.05) is 26.4 Å². The van der Waals surface area contributed by atoms with Crippen LogP contribution in [0.25, 0.3) is 10.8 Å². The first-order chi connectivity index (χ1) is 10.9. The summed E-state index contributed by atoms with van der Waals surface area (Å²) in [6.07, 6.45) is 1.93. The molecule has 2 aromatic rings. The van der Waals surface area contributed by atoms with Crippen molar-refractivity contribution in [1.82, 2.24) is 0 Å². The van der Waals surface area contributed by atoms with Crippen molar-refractivity contribution in [2.45, 2.75) is 12.8 Å². The summed E-state index contributed by atoms with van der Waals surface area (Å²) in [6.45, 7) is 3.05. The highest BCUT2D eigenvalue weighted by Crippen LogP contribution is 2.14. The average Bonchev–Trinajstić information content (AvgIpc) is 2.62. The molecule has 0 bridgehead atoms. The van der Waals surface area contributed by atoms with E-state index in [1.165, 1.54) is 10.8 Å². The first kappa shape index (κ1) is 14.3. The lowest BCUT2D eigenvalue weighted by Crippen LogP contribution is -2.41. The third-order valence-electron chi connectivity index (χ3n) is 4.09. The van der Waals surface area contributed by atoms with E-state index in [1.807, 2.05) is 0 Å². The summed E-state index contributed by atoms with van der Waals surface area (Å²) in [7, 11) is -0.467. The van der Waals surface area contributed by atoms with Gasteiger partial charge in [-0.2, -0.15) is 0 Å². The molecule has 0 N–H and O–H groups in total. The van der Waals surface area contributed by atoms with Crippen molar-refractivity contribution < 1.29 is 18.6 Å². The van der Waals surface area contributed by atoms with Gasteiger partial charge in [0.15, 0.2) is 0 Å². The van der Waals surface area contributed by atoms with Gasteiger partial charge in [0.05, 0.1) is 0 Å². The van der Waals surface area contributed by atoms with Crippen LogP contribution in [0.5, 0.6) is 0 Å². The lowest BCUT2D eigenvalue weighted by molar-refractivity contribution is 0.143. The van der Waals surface area contributed by atoms with E-state index in [-0.39, 0.29) is 14.2 Å².